The Bertz CT molecular complexity index is 253. The summed E-state index contributed by atoms with van der Waals surface area (Å²) in [5.41, 5.74) is 0.870. The van der Waals surface area contributed by atoms with Crippen LogP contribution in [0.2, 0.25) is 0 Å². The van der Waals surface area contributed by atoms with Gasteiger partial charge in [-0.3, -0.25) is 4.79 Å². The number of rotatable bonds is 2. The van der Waals surface area contributed by atoms with E-state index in [0.29, 0.717) is 6.54 Å². The van der Waals surface area contributed by atoms with Crippen LogP contribution in [0, 0.1) is 0 Å². The second-order valence-electron chi connectivity index (χ2n) is 4.76. The van der Waals surface area contributed by atoms with E-state index in [9.17, 15) is 4.79 Å². The Morgan fingerprint density at radius 3 is 2.57 bits per heavy atom. The van der Waals surface area contributed by atoms with Crippen molar-refractivity contribution in [1.82, 2.24) is 4.90 Å². The van der Waals surface area contributed by atoms with Crippen LogP contribution in [0.4, 0.5) is 0 Å². The van der Waals surface area contributed by atoms with Gasteiger partial charge in [-0.05, 0) is 33.3 Å². The minimum atomic E-state index is -0.249. The first-order valence-corrected chi connectivity index (χ1v) is 4.92. The van der Waals surface area contributed by atoms with Gasteiger partial charge in [-0.2, -0.15) is 0 Å². The van der Waals surface area contributed by atoms with Crippen LogP contribution in [-0.4, -0.2) is 35.6 Å². The van der Waals surface area contributed by atoms with Crippen molar-refractivity contribution in [2.45, 2.75) is 39.3 Å². The Labute approximate surface area is 85.7 Å². The molecule has 1 unspecified atom stereocenters. The monoisotopic (exact) mass is 197 g/mol. The number of hydrogen-bond donors (Lipinski definition) is 0. The molecule has 0 bridgehead atoms. The Hall–Kier alpha value is -0.830. The van der Waals surface area contributed by atoms with Crippen molar-refractivity contribution in [3.63, 3.8) is 0 Å². The van der Waals surface area contributed by atoms with E-state index in [1.54, 1.807) is 4.90 Å². The highest BCUT2D eigenvalue weighted by Crippen LogP contribution is 2.22. The fourth-order valence-corrected chi connectivity index (χ4v) is 1.26. The lowest BCUT2D eigenvalue weighted by Gasteiger charge is -2.41. The first-order chi connectivity index (χ1) is 6.31. The van der Waals surface area contributed by atoms with E-state index in [0.717, 1.165) is 5.57 Å². The zero-order valence-corrected chi connectivity index (χ0v) is 9.46. The summed E-state index contributed by atoms with van der Waals surface area (Å²) >= 11 is 0. The number of amides is 1. The first-order valence-electron chi connectivity index (χ1n) is 4.92. The Morgan fingerprint density at radius 2 is 2.21 bits per heavy atom. The normalized spacial score (nSPS) is 22.1. The van der Waals surface area contributed by atoms with E-state index >= 15 is 0 Å². The fraction of sp³-hybridized carbons (Fsp3) is 0.727. The van der Waals surface area contributed by atoms with Crippen molar-refractivity contribution in [2.75, 3.05) is 13.2 Å². The maximum atomic E-state index is 11.6. The quantitative estimate of drug-likeness (QED) is 0.629. The molecule has 1 amide bonds. The SMILES string of the molecule is C=C1CN(C(=O)COC(C)(C)C)C1C. The summed E-state index contributed by atoms with van der Waals surface area (Å²) in [4.78, 5) is 13.4. The molecule has 0 aromatic heterocycles. The maximum absolute atomic E-state index is 11.6. The van der Waals surface area contributed by atoms with Gasteiger partial charge < -0.3 is 9.64 Å². The summed E-state index contributed by atoms with van der Waals surface area (Å²) in [6.07, 6.45) is 0. The molecule has 3 heteroatoms. The van der Waals surface area contributed by atoms with Gasteiger partial charge in [0.2, 0.25) is 5.91 Å². The average molecular weight is 197 g/mol. The molecule has 0 saturated carbocycles. The number of carbonyl (C=O) groups is 1. The van der Waals surface area contributed by atoms with Gasteiger partial charge in [0.25, 0.3) is 0 Å². The van der Waals surface area contributed by atoms with Crippen molar-refractivity contribution in [1.29, 1.82) is 0 Å². The molecule has 0 N–H and O–H groups in total. The Balaban J connectivity index is 2.34. The Morgan fingerprint density at radius 1 is 1.64 bits per heavy atom. The van der Waals surface area contributed by atoms with E-state index in [4.69, 9.17) is 4.74 Å². The molecule has 3 nitrogen and oxygen atoms in total. The molecule has 0 radical (unpaired) electrons. The van der Waals surface area contributed by atoms with E-state index in [2.05, 4.69) is 6.58 Å². The second-order valence-corrected chi connectivity index (χ2v) is 4.76. The molecule has 1 aliphatic rings. The number of carbonyl (C=O) groups excluding carboxylic acids is 1. The highest BCUT2D eigenvalue weighted by molar-refractivity contribution is 5.80. The van der Waals surface area contributed by atoms with Crippen molar-refractivity contribution in [3.05, 3.63) is 12.2 Å². The van der Waals surface area contributed by atoms with E-state index in [1.165, 1.54) is 0 Å². The molecular formula is C11H19NO2. The van der Waals surface area contributed by atoms with Gasteiger partial charge >= 0.3 is 0 Å². The summed E-state index contributed by atoms with van der Waals surface area (Å²) in [7, 11) is 0. The predicted octanol–water partition coefficient (Wildman–Crippen LogP) is 1.59. The third kappa shape index (κ3) is 2.58. The number of nitrogens with zero attached hydrogens (tertiary/aromatic N) is 1. The molecule has 14 heavy (non-hydrogen) atoms. The molecule has 1 rings (SSSR count). The smallest absolute Gasteiger partial charge is 0.249 e. The van der Waals surface area contributed by atoms with E-state index in [-0.39, 0.29) is 24.2 Å². The summed E-state index contributed by atoms with van der Waals surface area (Å²) in [5, 5.41) is 0. The summed E-state index contributed by atoms with van der Waals surface area (Å²) < 4.78 is 5.41. The summed E-state index contributed by atoms with van der Waals surface area (Å²) in [6.45, 7) is 12.5. The molecule has 1 heterocycles. The number of hydrogen-bond acceptors (Lipinski definition) is 2. The van der Waals surface area contributed by atoms with Crippen molar-refractivity contribution in [3.8, 4) is 0 Å². The van der Waals surface area contributed by atoms with E-state index in [1.807, 2.05) is 27.7 Å². The van der Waals surface area contributed by atoms with Gasteiger partial charge in [0.15, 0.2) is 0 Å². The topological polar surface area (TPSA) is 29.5 Å². The lowest BCUT2D eigenvalue weighted by Crippen LogP contribution is -2.53. The Kier molecular flexibility index (Phi) is 3.00. The van der Waals surface area contributed by atoms with Crippen LogP contribution < -0.4 is 0 Å². The molecule has 0 spiro atoms. The van der Waals surface area contributed by atoms with Crippen molar-refractivity contribution >= 4 is 5.91 Å². The van der Waals surface area contributed by atoms with Gasteiger partial charge in [0.05, 0.1) is 11.6 Å². The molecule has 1 fully saturated rings. The zero-order chi connectivity index (χ0) is 10.9. The lowest BCUT2D eigenvalue weighted by atomic mass is 9.99. The fourth-order valence-electron chi connectivity index (χ4n) is 1.26. The minimum absolute atomic E-state index is 0.0554. The van der Waals surface area contributed by atoms with Crippen LogP contribution in [0.5, 0.6) is 0 Å². The molecule has 1 saturated heterocycles. The minimum Gasteiger partial charge on any atom is -0.366 e. The van der Waals surface area contributed by atoms with Gasteiger partial charge in [-0.1, -0.05) is 6.58 Å². The number of ether oxygens (including phenoxy) is 1. The number of likely N-dealkylation sites (tertiary alicyclic amines) is 1. The average Bonchev–Trinajstić information content (AvgIpc) is 2.08. The highest BCUT2D eigenvalue weighted by atomic mass is 16.5. The van der Waals surface area contributed by atoms with Crippen molar-refractivity contribution < 1.29 is 9.53 Å². The molecule has 0 aromatic carbocycles. The van der Waals surface area contributed by atoms with Crippen LogP contribution in [0.1, 0.15) is 27.7 Å². The van der Waals surface area contributed by atoms with Gasteiger partial charge in [-0.25, -0.2) is 0 Å². The molecule has 0 aliphatic carbocycles. The molecule has 80 valence electrons. The van der Waals surface area contributed by atoms with Crippen LogP contribution in [0.15, 0.2) is 12.2 Å². The van der Waals surface area contributed by atoms with Crippen LogP contribution in [0.3, 0.4) is 0 Å². The van der Waals surface area contributed by atoms with Crippen LogP contribution in [0.25, 0.3) is 0 Å². The first kappa shape index (κ1) is 11.2. The van der Waals surface area contributed by atoms with E-state index < -0.39 is 0 Å². The van der Waals surface area contributed by atoms with Crippen LogP contribution >= 0.6 is 0 Å². The highest BCUT2D eigenvalue weighted by Gasteiger charge is 2.32. The largest absolute Gasteiger partial charge is 0.366 e. The second kappa shape index (κ2) is 3.73. The molecule has 1 aliphatic heterocycles. The third-order valence-corrected chi connectivity index (χ3v) is 2.38. The van der Waals surface area contributed by atoms with Crippen LogP contribution in [-0.2, 0) is 9.53 Å². The van der Waals surface area contributed by atoms with Gasteiger partial charge in [-0.15, -0.1) is 0 Å². The van der Waals surface area contributed by atoms with Gasteiger partial charge in [0, 0.05) is 6.54 Å². The van der Waals surface area contributed by atoms with Crippen molar-refractivity contribution in [2.24, 2.45) is 0 Å². The molecule has 0 aromatic rings. The van der Waals surface area contributed by atoms with Gasteiger partial charge in [0.1, 0.15) is 6.61 Å². The standard InChI is InChI=1S/C11H19NO2/c1-8-6-12(9(8)2)10(13)7-14-11(3,4)5/h9H,1,6-7H2,2-5H3. The lowest BCUT2D eigenvalue weighted by molar-refractivity contribution is -0.144. The molecular weight excluding hydrogens is 178 g/mol. The summed E-state index contributed by atoms with van der Waals surface area (Å²) in [6, 6.07) is 0.186. The maximum Gasteiger partial charge on any atom is 0.249 e. The molecule has 1 atom stereocenters. The zero-order valence-electron chi connectivity index (χ0n) is 9.46. The predicted molar refractivity (Wildman–Crippen MR) is 56.0 cm³/mol. The third-order valence-electron chi connectivity index (χ3n) is 2.38. The summed E-state index contributed by atoms with van der Waals surface area (Å²) in [5.74, 6) is 0.0554.